The highest BCUT2D eigenvalue weighted by molar-refractivity contribution is 8.00. The fourth-order valence-corrected chi connectivity index (χ4v) is 3.77. The molecule has 0 saturated heterocycles. The molecule has 0 bridgehead atoms. The van der Waals surface area contributed by atoms with Gasteiger partial charge in [-0.05, 0) is 31.9 Å². The van der Waals surface area contributed by atoms with E-state index in [1.807, 2.05) is 16.7 Å². The summed E-state index contributed by atoms with van der Waals surface area (Å²) in [6.45, 7) is 6.01. The van der Waals surface area contributed by atoms with Crippen molar-refractivity contribution in [3.05, 3.63) is 35.1 Å². The molecule has 3 N–H and O–H groups in total. The van der Waals surface area contributed by atoms with Gasteiger partial charge in [-0.15, -0.1) is 10.2 Å². The summed E-state index contributed by atoms with van der Waals surface area (Å²) in [5.41, 5.74) is 5.02. The quantitative estimate of drug-likeness (QED) is 0.594. The summed E-state index contributed by atoms with van der Waals surface area (Å²) >= 11 is 7.36. The molecule has 8 nitrogen and oxygen atoms in total. The van der Waals surface area contributed by atoms with Crippen LogP contribution in [0, 0.1) is 0 Å². The van der Waals surface area contributed by atoms with Crippen LogP contribution in [-0.4, -0.2) is 32.0 Å². The summed E-state index contributed by atoms with van der Waals surface area (Å²) in [7, 11) is 0. The minimum atomic E-state index is -0.882. The Morgan fingerprint density at radius 2 is 1.96 bits per heavy atom. The molecule has 0 aliphatic carbocycles. The van der Waals surface area contributed by atoms with E-state index in [2.05, 4.69) is 29.4 Å². The van der Waals surface area contributed by atoms with Gasteiger partial charge in [0.25, 0.3) is 0 Å². The van der Waals surface area contributed by atoms with Crippen LogP contribution in [0.2, 0.25) is 5.02 Å². The molecule has 152 valence electrons. The first kappa shape index (κ1) is 22.0. The van der Waals surface area contributed by atoms with Crippen molar-refractivity contribution < 1.29 is 14.3 Å². The van der Waals surface area contributed by atoms with Gasteiger partial charge in [-0.25, -0.2) is 4.79 Å². The molecule has 3 amide bonds. The topological polar surface area (TPSA) is 112 Å². The first-order valence-corrected chi connectivity index (χ1v) is 10.2. The second-order valence-electron chi connectivity index (χ2n) is 6.07. The van der Waals surface area contributed by atoms with Crippen molar-refractivity contribution in [3.63, 3.8) is 0 Å². The molecule has 0 aliphatic heterocycles. The first-order chi connectivity index (χ1) is 13.4. The highest BCUT2D eigenvalue weighted by atomic mass is 35.5. The lowest BCUT2D eigenvalue weighted by Crippen LogP contribution is -2.39. The largest absolute Gasteiger partial charge is 0.484 e. The number of ether oxygens (including phenoxy) is 1. The fraction of sp³-hybridized carbons (Fsp3) is 0.444. The van der Waals surface area contributed by atoms with Crippen LogP contribution in [0.25, 0.3) is 0 Å². The van der Waals surface area contributed by atoms with E-state index in [1.165, 1.54) is 11.8 Å². The average Bonchev–Trinajstić information content (AvgIpc) is 3.04. The maximum absolute atomic E-state index is 12.0. The SMILES string of the molecule is CCC(CC)n1c(COc2ccccc2Cl)nnc1SC(C)C(=O)NC(N)=O. The van der Waals surface area contributed by atoms with Crippen molar-refractivity contribution in [2.45, 2.75) is 56.7 Å². The Kier molecular flexibility index (Phi) is 8.13. The van der Waals surface area contributed by atoms with Gasteiger partial charge in [0.05, 0.1) is 10.3 Å². The molecule has 0 spiro atoms. The smallest absolute Gasteiger partial charge is 0.318 e. The third-order valence-electron chi connectivity index (χ3n) is 4.13. The number of hydrogen-bond acceptors (Lipinski definition) is 6. The number of rotatable bonds is 9. The Hall–Kier alpha value is -2.26. The van der Waals surface area contributed by atoms with E-state index in [0.29, 0.717) is 21.8 Å². The normalized spacial score (nSPS) is 12.0. The van der Waals surface area contributed by atoms with Crippen LogP contribution < -0.4 is 15.8 Å². The number of aromatic nitrogens is 3. The number of imide groups is 1. The number of benzene rings is 1. The van der Waals surface area contributed by atoms with E-state index >= 15 is 0 Å². The third kappa shape index (κ3) is 5.62. The van der Waals surface area contributed by atoms with Crippen LogP contribution in [0.15, 0.2) is 29.4 Å². The molecule has 1 aromatic heterocycles. The molecule has 0 saturated carbocycles. The van der Waals surface area contributed by atoms with Crippen LogP contribution in [0.5, 0.6) is 5.75 Å². The summed E-state index contributed by atoms with van der Waals surface area (Å²) in [4.78, 5) is 22.9. The van der Waals surface area contributed by atoms with E-state index in [1.54, 1.807) is 19.1 Å². The predicted octanol–water partition coefficient (Wildman–Crippen LogP) is 3.55. The Labute approximate surface area is 173 Å². The lowest BCUT2D eigenvalue weighted by Gasteiger charge is -2.20. The van der Waals surface area contributed by atoms with Crippen LogP contribution >= 0.6 is 23.4 Å². The molecule has 10 heteroatoms. The molecule has 2 rings (SSSR count). The van der Waals surface area contributed by atoms with Crippen molar-refractivity contribution in [3.8, 4) is 5.75 Å². The first-order valence-electron chi connectivity index (χ1n) is 8.95. The molecule has 1 aromatic carbocycles. The second kappa shape index (κ2) is 10.3. The molecule has 0 aliphatic rings. The van der Waals surface area contributed by atoms with Crippen molar-refractivity contribution >= 4 is 35.3 Å². The summed E-state index contributed by atoms with van der Waals surface area (Å²) in [5, 5.41) is 11.1. The predicted molar refractivity (Wildman–Crippen MR) is 108 cm³/mol. The standard InChI is InChI=1S/C18H24ClN5O3S/c1-4-12(5-2)24-15(10-27-14-9-7-6-8-13(14)19)22-23-18(24)28-11(3)16(25)21-17(20)26/h6-9,11-12H,4-5,10H2,1-3H3,(H3,20,21,25,26). The van der Waals surface area contributed by atoms with Gasteiger partial charge in [0, 0.05) is 6.04 Å². The second-order valence-corrected chi connectivity index (χ2v) is 7.79. The lowest BCUT2D eigenvalue weighted by atomic mass is 10.2. The number of primary amides is 1. The van der Waals surface area contributed by atoms with Crippen LogP contribution in [-0.2, 0) is 11.4 Å². The average molecular weight is 426 g/mol. The van der Waals surface area contributed by atoms with Gasteiger partial charge in [0.15, 0.2) is 11.0 Å². The van der Waals surface area contributed by atoms with Crippen molar-refractivity contribution in [1.82, 2.24) is 20.1 Å². The van der Waals surface area contributed by atoms with Gasteiger partial charge in [-0.3, -0.25) is 10.1 Å². The van der Waals surface area contributed by atoms with Gasteiger partial charge in [0.1, 0.15) is 12.4 Å². The molecule has 1 heterocycles. The van der Waals surface area contributed by atoms with Gasteiger partial charge in [0.2, 0.25) is 5.91 Å². The maximum Gasteiger partial charge on any atom is 0.318 e. The number of amides is 3. The van der Waals surface area contributed by atoms with Gasteiger partial charge < -0.3 is 15.0 Å². The van der Waals surface area contributed by atoms with Crippen LogP contribution in [0.1, 0.15) is 45.5 Å². The number of nitrogens with one attached hydrogen (secondary N) is 1. The van der Waals surface area contributed by atoms with E-state index in [4.69, 9.17) is 22.1 Å². The van der Waals surface area contributed by atoms with Gasteiger partial charge in [-0.2, -0.15) is 0 Å². The number of carbonyl (C=O) groups is 2. The third-order valence-corrected chi connectivity index (χ3v) is 5.50. The van der Waals surface area contributed by atoms with Crippen molar-refractivity contribution in [1.29, 1.82) is 0 Å². The zero-order valence-electron chi connectivity index (χ0n) is 16.0. The highest BCUT2D eigenvalue weighted by Crippen LogP contribution is 2.30. The molecule has 0 fully saturated rings. The number of nitrogens with zero attached hydrogens (tertiary/aromatic N) is 3. The number of nitrogens with two attached hydrogens (primary N) is 1. The minimum Gasteiger partial charge on any atom is -0.484 e. The zero-order chi connectivity index (χ0) is 20.7. The Bertz CT molecular complexity index is 825. The van der Waals surface area contributed by atoms with Crippen molar-refractivity contribution in [2.24, 2.45) is 5.73 Å². The number of hydrogen-bond donors (Lipinski definition) is 2. The molecule has 1 unspecified atom stereocenters. The highest BCUT2D eigenvalue weighted by Gasteiger charge is 2.24. The van der Waals surface area contributed by atoms with Gasteiger partial charge >= 0.3 is 6.03 Å². The Morgan fingerprint density at radius 3 is 2.57 bits per heavy atom. The van der Waals surface area contributed by atoms with Crippen molar-refractivity contribution in [2.75, 3.05) is 0 Å². The number of para-hydroxylation sites is 1. The van der Waals surface area contributed by atoms with Crippen LogP contribution in [0.4, 0.5) is 4.79 Å². The number of halogens is 1. The minimum absolute atomic E-state index is 0.147. The number of urea groups is 1. The molecule has 28 heavy (non-hydrogen) atoms. The fourth-order valence-electron chi connectivity index (χ4n) is 2.65. The molecule has 2 aromatic rings. The van der Waals surface area contributed by atoms with Gasteiger partial charge in [-0.1, -0.05) is 49.3 Å². The lowest BCUT2D eigenvalue weighted by molar-refractivity contribution is -0.119. The maximum atomic E-state index is 12.0. The molecule has 1 atom stereocenters. The Balaban J connectivity index is 2.23. The summed E-state index contributed by atoms with van der Waals surface area (Å²) in [5.74, 6) is 0.718. The van der Waals surface area contributed by atoms with E-state index < -0.39 is 17.2 Å². The molecular formula is C18H24ClN5O3S. The number of carbonyl (C=O) groups excluding carboxylic acids is 2. The summed E-state index contributed by atoms with van der Waals surface area (Å²) in [6.07, 6.45) is 1.73. The number of thioether (sulfide) groups is 1. The van der Waals surface area contributed by atoms with Crippen LogP contribution in [0.3, 0.4) is 0 Å². The van der Waals surface area contributed by atoms with E-state index in [-0.39, 0.29) is 12.6 Å². The Morgan fingerprint density at radius 1 is 1.29 bits per heavy atom. The summed E-state index contributed by atoms with van der Waals surface area (Å²) in [6, 6.07) is 6.47. The summed E-state index contributed by atoms with van der Waals surface area (Å²) < 4.78 is 7.80. The van der Waals surface area contributed by atoms with E-state index in [9.17, 15) is 9.59 Å². The molecular weight excluding hydrogens is 402 g/mol. The molecule has 0 radical (unpaired) electrons. The zero-order valence-corrected chi connectivity index (χ0v) is 17.6. The van der Waals surface area contributed by atoms with E-state index in [0.717, 1.165) is 12.8 Å². The monoisotopic (exact) mass is 425 g/mol.